The average molecular weight is 248 g/mol. The van der Waals surface area contributed by atoms with E-state index in [2.05, 4.69) is 45.5 Å². The summed E-state index contributed by atoms with van der Waals surface area (Å²) < 4.78 is 3.17. The molecule has 10 heavy (non-hydrogen) atoms. The van der Waals surface area contributed by atoms with Gasteiger partial charge < -0.3 is 0 Å². The van der Waals surface area contributed by atoms with E-state index in [1.807, 2.05) is 6.07 Å². The molecule has 0 aliphatic heterocycles. The van der Waals surface area contributed by atoms with E-state index in [9.17, 15) is 0 Å². The van der Waals surface area contributed by atoms with Crippen molar-refractivity contribution in [3.63, 3.8) is 0 Å². The first-order valence-corrected chi connectivity index (χ1v) is 4.50. The lowest BCUT2D eigenvalue weighted by Gasteiger charge is -2.06. The normalized spacial score (nSPS) is 21.0. The average Bonchev–Trinajstić information content (AvgIpc) is 2.45. The Hall–Kier alpha value is -0.0600. The Morgan fingerprint density at radius 1 is 1.70 bits per heavy atom. The molecule has 1 heterocycles. The molecule has 0 N–H and O–H groups in total. The molecule has 0 amide bonds. The molecule has 0 saturated heterocycles. The Kier molecular flexibility index (Phi) is 1.30. The molecule has 0 aromatic carbocycles. The highest BCUT2D eigenvalue weighted by Gasteiger charge is 2.39. The molecule has 0 atom stereocenters. The minimum absolute atomic E-state index is 0.365. The molecule has 54 valence electrons. The second kappa shape index (κ2) is 1.96. The summed E-state index contributed by atoms with van der Waals surface area (Å²) in [4.78, 5) is 0. The van der Waals surface area contributed by atoms with Gasteiger partial charge in [0.2, 0.25) is 0 Å². The van der Waals surface area contributed by atoms with Crippen LogP contribution in [-0.4, -0.2) is 9.78 Å². The zero-order valence-corrected chi connectivity index (χ0v) is 8.00. The van der Waals surface area contributed by atoms with Crippen LogP contribution in [0.2, 0.25) is 0 Å². The van der Waals surface area contributed by atoms with E-state index in [1.165, 1.54) is 12.8 Å². The highest BCUT2D eigenvalue weighted by Crippen LogP contribution is 2.42. The van der Waals surface area contributed by atoms with Crippen LogP contribution in [0.5, 0.6) is 0 Å². The Labute approximate surface area is 73.8 Å². The van der Waals surface area contributed by atoms with Crippen molar-refractivity contribution in [1.82, 2.24) is 9.78 Å². The summed E-state index contributed by atoms with van der Waals surface area (Å²) in [5.41, 5.74) is 0.365. The second-order valence-electron chi connectivity index (χ2n) is 3.08. The number of halogens is 1. The van der Waals surface area contributed by atoms with Crippen molar-refractivity contribution >= 4 is 22.6 Å². The SMILES string of the molecule is CC1(n2ccc(I)n2)CC1. The van der Waals surface area contributed by atoms with Crippen LogP contribution < -0.4 is 0 Å². The fraction of sp³-hybridized carbons (Fsp3) is 0.571. The first kappa shape index (κ1) is 6.64. The lowest BCUT2D eigenvalue weighted by atomic mass is 10.3. The minimum atomic E-state index is 0.365. The van der Waals surface area contributed by atoms with Gasteiger partial charge in [0.05, 0.1) is 5.54 Å². The summed E-state index contributed by atoms with van der Waals surface area (Å²) in [7, 11) is 0. The van der Waals surface area contributed by atoms with Crippen LogP contribution in [0.4, 0.5) is 0 Å². The van der Waals surface area contributed by atoms with E-state index >= 15 is 0 Å². The van der Waals surface area contributed by atoms with Crippen molar-refractivity contribution in [3.8, 4) is 0 Å². The van der Waals surface area contributed by atoms with Gasteiger partial charge in [-0.05, 0) is 48.4 Å². The highest BCUT2D eigenvalue weighted by molar-refractivity contribution is 14.1. The molecule has 1 aromatic heterocycles. The van der Waals surface area contributed by atoms with Gasteiger partial charge in [0.1, 0.15) is 3.70 Å². The van der Waals surface area contributed by atoms with Gasteiger partial charge in [0.25, 0.3) is 0 Å². The van der Waals surface area contributed by atoms with Gasteiger partial charge in [0.15, 0.2) is 0 Å². The van der Waals surface area contributed by atoms with Crippen molar-refractivity contribution in [2.24, 2.45) is 0 Å². The molecule has 2 rings (SSSR count). The van der Waals surface area contributed by atoms with Crippen LogP contribution in [0, 0.1) is 3.70 Å². The maximum absolute atomic E-state index is 4.35. The smallest absolute Gasteiger partial charge is 0.123 e. The zero-order chi connectivity index (χ0) is 7.19. The molecule has 0 spiro atoms. The molecule has 1 aliphatic rings. The summed E-state index contributed by atoms with van der Waals surface area (Å²) in [5.74, 6) is 0. The maximum Gasteiger partial charge on any atom is 0.123 e. The van der Waals surface area contributed by atoms with E-state index in [-0.39, 0.29) is 0 Å². The molecule has 3 heteroatoms. The predicted octanol–water partition coefficient (Wildman–Crippen LogP) is 2.00. The molecule has 1 fully saturated rings. The zero-order valence-electron chi connectivity index (χ0n) is 5.84. The Morgan fingerprint density at radius 2 is 2.40 bits per heavy atom. The molecule has 1 aliphatic carbocycles. The Balaban J connectivity index is 2.34. The van der Waals surface area contributed by atoms with Crippen molar-refractivity contribution in [3.05, 3.63) is 16.0 Å². The van der Waals surface area contributed by atoms with Crippen LogP contribution in [-0.2, 0) is 5.54 Å². The van der Waals surface area contributed by atoms with Gasteiger partial charge in [-0.3, -0.25) is 4.68 Å². The van der Waals surface area contributed by atoms with E-state index < -0.39 is 0 Å². The first-order chi connectivity index (χ1) is 4.71. The third-order valence-electron chi connectivity index (χ3n) is 2.08. The van der Waals surface area contributed by atoms with Crippen LogP contribution in [0.15, 0.2) is 12.3 Å². The molecule has 0 unspecified atom stereocenters. The highest BCUT2D eigenvalue weighted by atomic mass is 127. The van der Waals surface area contributed by atoms with Crippen LogP contribution in [0.3, 0.4) is 0 Å². The second-order valence-corrected chi connectivity index (χ2v) is 4.19. The van der Waals surface area contributed by atoms with Gasteiger partial charge in [0, 0.05) is 6.20 Å². The van der Waals surface area contributed by atoms with Crippen molar-refractivity contribution in [2.75, 3.05) is 0 Å². The van der Waals surface area contributed by atoms with Crippen molar-refractivity contribution in [2.45, 2.75) is 25.3 Å². The summed E-state index contributed by atoms with van der Waals surface area (Å²) in [6.45, 7) is 2.25. The fourth-order valence-corrected chi connectivity index (χ4v) is 1.41. The number of rotatable bonds is 1. The lowest BCUT2D eigenvalue weighted by Crippen LogP contribution is -2.12. The van der Waals surface area contributed by atoms with Gasteiger partial charge in [-0.2, -0.15) is 5.10 Å². The molecular formula is C7H9IN2. The largest absolute Gasteiger partial charge is 0.266 e. The van der Waals surface area contributed by atoms with Crippen LogP contribution in [0.1, 0.15) is 19.8 Å². The molecular weight excluding hydrogens is 239 g/mol. The molecule has 2 nitrogen and oxygen atoms in total. The Bertz CT molecular complexity index is 250. The van der Waals surface area contributed by atoms with E-state index in [0.717, 1.165) is 3.70 Å². The summed E-state index contributed by atoms with van der Waals surface area (Å²) in [6.07, 6.45) is 4.63. The van der Waals surface area contributed by atoms with Crippen molar-refractivity contribution in [1.29, 1.82) is 0 Å². The summed E-state index contributed by atoms with van der Waals surface area (Å²) in [6, 6.07) is 2.05. The van der Waals surface area contributed by atoms with Gasteiger partial charge >= 0.3 is 0 Å². The number of hydrogen-bond acceptors (Lipinski definition) is 1. The predicted molar refractivity (Wildman–Crippen MR) is 47.8 cm³/mol. The minimum Gasteiger partial charge on any atom is -0.266 e. The molecule has 1 aromatic rings. The molecule has 1 saturated carbocycles. The monoisotopic (exact) mass is 248 g/mol. The third-order valence-corrected chi connectivity index (χ3v) is 2.66. The number of hydrogen-bond donors (Lipinski definition) is 0. The number of aromatic nitrogens is 2. The molecule has 0 bridgehead atoms. The summed E-state index contributed by atoms with van der Waals surface area (Å²) in [5, 5.41) is 4.35. The maximum atomic E-state index is 4.35. The van der Waals surface area contributed by atoms with E-state index in [0.29, 0.717) is 5.54 Å². The lowest BCUT2D eigenvalue weighted by molar-refractivity contribution is 0.470. The quantitative estimate of drug-likeness (QED) is 0.695. The Morgan fingerprint density at radius 3 is 2.80 bits per heavy atom. The van der Waals surface area contributed by atoms with Crippen LogP contribution in [0.25, 0.3) is 0 Å². The number of nitrogens with zero attached hydrogens (tertiary/aromatic N) is 2. The molecule has 0 radical (unpaired) electrons. The topological polar surface area (TPSA) is 17.8 Å². The van der Waals surface area contributed by atoms with Crippen LogP contribution >= 0.6 is 22.6 Å². The van der Waals surface area contributed by atoms with Gasteiger partial charge in [-0.1, -0.05) is 0 Å². The van der Waals surface area contributed by atoms with Gasteiger partial charge in [-0.25, -0.2) is 0 Å². The third kappa shape index (κ3) is 0.962. The summed E-state index contributed by atoms with van der Waals surface area (Å²) >= 11 is 2.24. The first-order valence-electron chi connectivity index (χ1n) is 3.42. The van der Waals surface area contributed by atoms with E-state index in [4.69, 9.17) is 0 Å². The standard InChI is InChI=1S/C7H9IN2/c1-7(3-4-7)10-5-2-6(8)9-10/h2,5H,3-4H2,1H3. The van der Waals surface area contributed by atoms with E-state index in [1.54, 1.807) is 0 Å². The van der Waals surface area contributed by atoms with Gasteiger partial charge in [-0.15, -0.1) is 0 Å². The fourth-order valence-electron chi connectivity index (χ4n) is 1.01. The van der Waals surface area contributed by atoms with Crippen molar-refractivity contribution < 1.29 is 0 Å².